The highest BCUT2D eigenvalue weighted by molar-refractivity contribution is 5.92. The number of carboxylic acids is 1. The molecule has 0 saturated carbocycles. The van der Waals surface area contributed by atoms with Crippen LogP contribution < -0.4 is 24.6 Å². The molecule has 2 aliphatic heterocycles. The van der Waals surface area contributed by atoms with Gasteiger partial charge in [-0.2, -0.15) is 0 Å². The number of amides is 1. The monoisotopic (exact) mass is 601 g/mol. The zero-order valence-corrected chi connectivity index (χ0v) is 25.9. The Morgan fingerprint density at radius 3 is 2.57 bits per heavy atom. The summed E-state index contributed by atoms with van der Waals surface area (Å²) in [5, 5.41) is 12.6. The van der Waals surface area contributed by atoms with E-state index in [0.29, 0.717) is 37.8 Å². The van der Waals surface area contributed by atoms with Gasteiger partial charge in [0.15, 0.2) is 17.3 Å². The number of anilines is 3. The number of benzene rings is 2. The van der Waals surface area contributed by atoms with Crippen LogP contribution >= 0.6 is 0 Å². The number of carbonyl (C=O) groups is 2. The van der Waals surface area contributed by atoms with Crippen molar-refractivity contribution in [3.05, 3.63) is 66.5 Å². The fraction of sp³-hybridized carbons (Fsp3) is 0.471. The number of para-hydroxylation sites is 2. The van der Waals surface area contributed by atoms with Gasteiger partial charge < -0.3 is 29.7 Å². The van der Waals surface area contributed by atoms with Gasteiger partial charge in [0, 0.05) is 25.3 Å². The second-order valence-corrected chi connectivity index (χ2v) is 12.3. The summed E-state index contributed by atoms with van der Waals surface area (Å²) >= 11 is 0. The molecule has 1 amide bonds. The normalized spacial score (nSPS) is 18.9. The number of nitrogens with zero attached hydrogens (tertiary/aromatic N) is 4. The SMILES string of the molecule is CCOc1ccccc1OC1CCCN(c2cncc(NC(=O)C3CCCN(c4cccc(CC(C)(C)C(=O)O)c4)C3)n2)C1. The molecule has 3 aromatic rings. The van der Waals surface area contributed by atoms with E-state index >= 15 is 0 Å². The Morgan fingerprint density at radius 2 is 1.77 bits per heavy atom. The molecule has 0 radical (unpaired) electrons. The van der Waals surface area contributed by atoms with Gasteiger partial charge in [-0.3, -0.25) is 14.6 Å². The third kappa shape index (κ3) is 7.78. The molecule has 0 bridgehead atoms. The molecule has 3 heterocycles. The number of aliphatic carboxylic acids is 1. The van der Waals surface area contributed by atoms with Crippen LogP contribution in [0.15, 0.2) is 60.9 Å². The molecule has 0 spiro atoms. The molecule has 1 aromatic heterocycles. The highest BCUT2D eigenvalue weighted by Crippen LogP contribution is 2.31. The molecule has 5 rings (SSSR count). The first-order valence-corrected chi connectivity index (χ1v) is 15.6. The Morgan fingerprint density at radius 1 is 1.00 bits per heavy atom. The van der Waals surface area contributed by atoms with Crippen LogP contribution in [0.1, 0.15) is 52.0 Å². The van der Waals surface area contributed by atoms with Crippen molar-refractivity contribution in [3.8, 4) is 11.5 Å². The second kappa shape index (κ2) is 14.0. The van der Waals surface area contributed by atoms with Gasteiger partial charge in [0.2, 0.25) is 5.91 Å². The first-order valence-electron chi connectivity index (χ1n) is 15.6. The van der Waals surface area contributed by atoms with Crippen molar-refractivity contribution in [2.24, 2.45) is 11.3 Å². The van der Waals surface area contributed by atoms with Crippen molar-refractivity contribution in [3.63, 3.8) is 0 Å². The summed E-state index contributed by atoms with van der Waals surface area (Å²) in [4.78, 5) is 38.5. The minimum Gasteiger partial charge on any atom is -0.490 e. The van der Waals surface area contributed by atoms with Crippen LogP contribution in [0.25, 0.3) is 0 Å². The number of carboxylic acid groups (broad SMARTS) is 1. The molecule has 2 N–H and O–H groups in total. The van der Waals surface area contributed by atoms with Gasteiger partial charge in [-0.05, 0) is 82.7 Å². The van der Waals surface area contributed by atoms with E-state index in [2.05, 4.69) is 20.1 Å². The smallest absolute Gasteiger partial charge is 0.309 e. The van der Waals surface area contributed by atoms with Gasteiger partial charge in [0.05, 0.1) is 36.9 Å². The molecule has 234 valence electrons. The lowest BCUT2D eigenvalue weighted by Gasteiger charge is -2.34. The number of hydrogen-bond donors (Lipinski definition) is 2. The van der Waals surface area contributed by atoms with Gasteiger partial charge in [-0.1, -0.05) is 24.3 Å². The topological polar surface area (TPSA) is 117 Å². The first kappa shape index (κ1) is 31.1. The summed E-state index contributed by atoms with van der Waals surface area (Å²) < 4.78 is 12.1. The molecule has 2 saturated heterocycles. The average molecular weight is 602 g/mol. The summed E-state index contributed by atoms with van der Waals surface area (Å²) in [6, 6.07) is 15.7. The predicted octanol–water partition coefficient (Wildman–Crippen LogP) is 5.43. The summed E-state index contributed by atoms with van der Waals surface area (Å²) in [7, 11) is 0. The summed E-state index contributed by atoms with van der Waals surface area (Å²) in [6.07, 6.45) is 7.29. The van der Waals surface area contributed by atoms with Gasteiger partial charge in [-0.25, -0.2) is 4.98 Å². The minimum atomic E-state index is -0.852. The van der Waals surface area contributed by atoms with E-state index in [-0.39, 0.29) is 17.9 Å². The highest BCUT2D eigenvalue weighted by Gasteiger charge is 2.30. The maximum atomic E-state index is 13.4. The molecule has 2 unspecified atom stereocenters. The van der Waals surface area contributed by atoms with E-state index in [0.717, 1.165) is 61.5 Å². The van der Waals surface area contributed by atoms with Crippen molar-refractivity contribution in [2.45, 2.75) is 59.0 Å². The van der Waals surface area contributed by atoms with Crippen LogP contribution in [0.3, 0.4) is 0 Å². The largest absolute Gasteiger partial charge is 0.490 e. The van der Waals surface area contributed by atoms with Crippen LogP contribution in [0, 0.1) is 11.3 Å². The number of piperidine rings is 2. The number of carbonyl (C=O) groups excluding carboxylic acids is 1. The van der Waals surface area contributed by atoms with Gasteiger partial charge in [0.25, 0.3) is 0 Å². The quantitative estimate of drug-likeness (QED) is 0.297. The van der Waals surface area contributed by atoms with Crippen LogP contribution in [-0.4, -0.2) is 65.8 Å². The first-order chi connectivity index (χ1) is 21.2. The Hall–Kier alpha value is -4.34. The Balaban J connectivity index is 1.20. The van der Waals surface area contributed by atoms with Crippen molar-refractivity contribution in [2.75, 3.05) is 47.9 Å². The average Bonchev–Trinajstić information content (AvgIpc) is 3.02. The van der Waals surface area contributed by atoms with Crippen LogP contribution in [-0.2, 0) is 16.0 Å². The van der Waals surface area contributed by atoms with E-state index in [1.165, 1.54) is 0 Å². The third-order valence-corrected chi connectivity index (χ3v) is 8.31. The van der Waals surface area contributed by atoms with Crippen LogP contribution in [0.2, 0.25) is 0 Å². The lowest BCUT2D eigenvalue weighted by atomic mass is 9.86. The summed E-state index contributed by atoms with van der Waals surface area (Å²) in [5.74, 6) is 1.54. The van der Waals surface area contributed by atoms with Crippen molar-refractivity contribution in [1.82, 2.24) is 9.97 Å². The Bertz CT molecular complexity index is 1450. The van der Waals surface area contributed by atoms with Crippen molar-refractivity contribution < 1.29 is 24.2 Å². The lowest BCUT2D eigenvalue weighted by molar-refractivity contribution is -0.146. The number of nitrogens with one attached hydrogen (secondary N) is 1. The maximum absolute atomic E-state index is 13.4. The zero-order chi connectivity index (χ0) is 31.1. The van der Waals surface area contributed by atoms with Gasteiger partial charge in [0.1, 0.15) is 11.9 Å². The molecule has 2 aliphatic rings. The van der Waals surface area contributed by atoms with E-state index < -0.39 is 11.4 Å². The summed E-state index contributed by atoms with van der Waals surface area (Å²) in [5.41, 5.74) is 1.13. The Labute approximate surface area is 259 Å². The molecule has 10 nitrogen and oxygen atoms in total. The standard InChI is InChI=1S/C34H43N5O5/c1-4-43-28-14-5-6-15-29(28)44-27-13-9-17-39(23-27)31-21-35-20-30(36-31)37-32(40)25-11-8-16-38(22-25)26-12-7-10-24(18-26)19-34(2,3)33(41)42/h5-7,10,12,14-15,18,20-21,25,27H,4,8-9,11,13,16-17,19,22-23H2,1-3H3,(H,41,42)(H,36,37,40). The lowest BCUT2D eigenvalue weighted by Crippen LogP contribution is -2.42. The van der Waals surface area contributed by atoms with Gasteiger partial charge >= 0.3 is 5.97 Å². The molecule has 2 aromatic carbocycles. The fourth-order valence-electron chi connectivity index (χ4n) is 5.92. The molecule has 44 heavy (non-hydrogen) atoms. The molecular formula is C34H43N5O5. The molecule has 0 aliphatic carbocycles. The van der Waals surface area contributed by atoms with E-state index in [1.54, 1.807) is 26.2 Å². The van der Waals surface area contributed by atoms with Gasteiger partial charge in [-0.15, -0.1) is 0 Å². The van der Waals surface area contributed by atoms with E-state index in [4.69, 9.17) is 14.5 Å². The molecule has 2 fully saturated rings. The number of ether oxygens (including phenoxy) is 2. The molecule has 10 heteroatoms. The fourth-order valence-corrected chi connectivity index (χ4v) is 5.92. The second-order valence-electron chi connectivity index (χ2n) is 12.3. The number of hydrogen-bond acceptors (Lipinski definition) is 8. The molecule has 2 atom stereocenters. The van der Waals surface area contributed by atoms with E-state index in [9.17, 15) is 14.7 Å². The van der Waals surface area contributed by atoms with Crippen molar-refractivity contribution in [1.29, 1.82) is 0 Å². The highest BCUT2D eigenvalue weighted by atomic mass is 16.5. The molecular weight excluding hydrogens is 558 g/mol. The minimum absolute atomic E-state index is 0.0210. The van der Waals surface area contributed by atoms with Crippen molar-refractivity contribution >= 4 is 29.2 Å². The van der Waals surface area contributed by atoms with E-state index in [1.807, 2.05) is 55.5 Å². The van der Waals surface area contributed by atoms with Crippen LogP contribution in [0.5, 0.6) is 11.5 Å². The number of rotatable bonds is 11. The zero-order valence-electron chi connectivity index (χ0n) is 25.9. The maximum Gasteiger partial charge on any atom is 0.309 e. The number of aromatic nitrogens is 2. The Kier molecular flexibility index (Phi) is 9.87. The van der Waals surface area contributed by atoms with Crippen LogP contribution in [0.4, 0.5) is 17.3 Å². The third-order valence-electron chi connectivity index (χ3n) is 8.31. The predicted molar refractivity (Wildman–Crippen MR) is 171 cm³/mol. The summed E-state index contributed by atoms with van der Waals surface area (Å²) in [6.45, 7) is 8.93.